The van der Waals surface area contributed by atoms with Crippen molar-refractivity contribution in [3.05, 3.63) is 59.7 Å². The molecule has 1 saturated heterocycles. The predicted octanol–water partition coefficient (Wildman–Crippen LogP) is 3.96. The van der Waals surface area contributed by atoms with E-state index in [9.17, 15) is 0 Å². The van der Waals surface area contributed by atoms with Crippen molar-refractivity contribution in [2.24, 2.45) is 10.7 Å². The van der Waals surface area contributed by atoms with Crippen molar-refractivity contribution in [2.75, 3.05) is 32.1 Å². The maximum atomic E-state index is 6.16. The highest BCUT2D eigenvalue weighted by Gasteiger charge is 2.22. The van der Waals surface area contributed by atoms with Crippen molar-refractivity contribution in [3.63, 3.8) is 0 Å². The molecule has 144 valence electrons. The van der Waals surface area contributed by atoms with E-state index in [2.05, 4.69) is 46.4 Å². The molecule has 3 N–H and O–H groups in total. The summed E-state index contributed by atoms with van der Waals surface area (Å²) in [6.07, 6.45) is 3.80. The van der Waals surface area contributed by atoms with Gasteiger partial charge in [0.2, 0.25) is 0 Å². The van der Waals surface area contributed by atoms with E-state index in [0.29, 0.717) is 12.5 Å². The standard InChI is InChI=1S/C22H30N4O/c1-17-7-6-8-19(15-17)25-22(23)24-16-21(26-13-4-3-5-14-26)18-9-11-20(27-2)12-10-18/h6-12,15,21H,3-5,13-14,16H2,1-2H3,(H3,23,24,25). The molecule has 1 aliphatic rings. The van der Waals surface area contributed by atoms with E-state index in [1.165, 1.54) is 30.4 Å². The summed E-state index contributed by atoms with van der Waals surface area (Å²) in [4.78, 5) is 7.18. The second-order valence-corrected chi connectivity index (χ2v) is 7.11. The largest absolute Gasteiger partial charge is 0.497 e. The number of methoxy groups -OCH3 is 1. The Balaban J connectivity index is 1.73. The number of hydrogen-bond acceptors (Lipinski definition) is 3. The van der Waals surface area contributed by atoms with E-state index >= 15 is 0 Å². The Bertz CT molecular complexity index is 751. The number of ether oxygens (including phenoxy) is 1. The van der Waals surface area contributed by atoms with Crippen LogP contribution in [0.5, 0.6) is 5.75 Å². The van der Waals surface area contributed by atoms with Gasteiger partial charge in [-0.1, -0.05) is 30.7 Å². The van der Waals surface area contributed by atoms with Crippen molar-refractivity contribution in [3.8, 4) is 5.75 Å². The highest BCUT2D eigenvalue weighted by molar-refractivity contribution is 5.92. The number of benzene rings is 2. The van der Waals surface area contributed by atoms with E-state index in [1.54, 1.807) is 7.11 Å². The molecular formula is C22H30N4O. The summed E-state index contributed by atoms with van der Waals surface area (Å²) in [5, 5.41) is 3.20. The lowest BCUT2D eigenvalue weighted by Gasteiger charge is -2.34. The van der Waals surface area contributed by atoms with E-state index in [0.717, 1.165) is 24.5 Å². The Hall–Kier alpha value is -2.53. The van der Waals surface area contributed by atoms with Crippen LogP contribution in [0.25, 0.3) is 0 Å². The molecule has 0 spiro atoms. The van der Waals surface area contributed by atoms with Gasteiger partial charge in [-0.05, 0) is 68.2 Å². The summed E-state index contributed by atoms with van der Waals surface area (Å²) in [6, 6.07) is 16.7. The van der Waals surface area contributed by atoms with Crippen LogP contribution in [0, 0.1) is 6.92 Å². The minimum Gasteiger partial charge on any atom is -0.497 e. The molecule has 5 heteroatoms. The third-order valence-electron chi connectivity index (χ3n) is 5.06. The average molecular weight is 367 g/mol. The molecule has 0 amide bonds. The van der Waals surface area contributed by atoms with E-state index in [-0.39, 0.29) is 6.04 Å². The maximum Gasteiger partial charge on any atom is 0.193 e. The van der Waals surface area contributed by atoms with Gasteiger partial charge in [0.15, 0.2) is 5.96 Å². The number of nitrogens with zero attached hydrogens (tertiary/aromatic N) is 2. The van der Waals surface area contributed by atoms with Crippen LogP contribution in [-0.2, 0) is 0 Å². The monoisotopic (exact) mass is 366 g/mol. The number of rotatable bonds is 6. The first kappa shape index (κ1) is 19.2. The van der Waals surface area contributed by atoms with Gasteiger partial charge in [-0.25, -0.2) is 0 Å². The lowest BCUT2D eigenvalue weighted by molar-refractivity contribution is 0.168. The first-order valence-corrected chi connectivity index (χ1v) is 9.67. The molecule has 1 atom stereocenters. The van der Waals surface area contributed by atoms with E-state index in [4.69, 9.17) is 10.5 Å². The molecule has 0 bridgehead atoms. The third kappa shape index (κ3) is 5.47. The molecule has 1 fully saturated rings. The Kier molecular flexibility index (Phi) is 6.71. The average Bonchev–Trinajstić information content (AvgIpc) is 2.69. The van der Waals surface area contributed by atoms with Crippen LogP contribution in [0.4, 0.5) is 5.69 Å². The van der Waals surface area contributed by atoms with Crippen molar-refractivity contribution < 1.29 is 4.74 Å². The Morgan fingerprint density at radius 3 is 2.56 bits per heavy atom. The molecule has 27 heavy (non-hydrogen) atoms. The predicted molar refractivity (Wildman–Crippen MR) is 112 cm³/mol. The van der Waals surface area contributed by atoms with E-state index in [1.807, 2.05) is 24.3 Å². The van der Waals surface area contributed by atoms with Gasteiger partial charge < -0.3 is 15.8 Å². The van der Waals surface area contributed by atoms with Gasteiger partial charge in [-0.15, -0.1) is 0 Å². The summed E-state index contributed by atoms with van der Waals surface area (Å²) < 4.78 is 5.30. The van der Waals surface area contributed by atoms with Crippen LogP contribution >= 0.6 is 0 Å². The number of nitrogens with one attached hydrogen (secondary N) is 1. The third-order valence-corrected chi connectivity index (χ3v) is 5.06. The molecule has 2 aromatic carbocycles. The number of aryl methyl sites for hydroxylation is 1. The number of piperidine rings is 1. The molecule has 5 nitrogen and oxygen atoms in total. The first-order chi connectivity index (χ1) is 13.2. The Labute approximate surface area is 162 Å². The summed E-state index contributed by atoms with van der Waals surface area (Å²) in [5.74, 6) is 1.33. The lowest BCUT2D eigenvalue weighted by atomic mass is 10.0. The molecule has 1 unspecified atom stereocenters. The summed E-state index contributed by atoms with van der Waals surface area (Å²) in [6.45, 7) is 4.92. The van der Waals surface area contributed by atoms with Crippen molar-refractivity contribution >= 4 is 11.6 Å². The van der Waals surface area contributed by atoms with Gasteiger partial charge in [0.25, 0.3) is 0 Å². The van der Waals surface area contributed by atoms with Crippen LogP contribution < -0.4 is 15.8 Å². The molecule has 0 aliphatic carbocycles. The summed E-state index contributed by atoms with van der Waals surface area (Å²) >= 11 is 0. The fraction of sp³-hybridized carbons (Fsp3) is 0.409. The molecule has 0 aromatic heterocycles. The van der Waals surface area contributed by atoms with Gasteiger partial charge in [0.1, 0.15) is 5.75 Å². The lowest BCUT2D eigenvalue weighted by Crippen LogP contribution is -2.36. The highest BCUT2D eigenvalue weighted by atomic mass is 16.5. The van der Waals surface area contributed by atoms with Crippen LogP contribution in [-0.4, -0.2) is 37.6 Å². The molecule has 2 aromatic rings. The first-order valence-electron chi connectivity index (χ1n) is 9.67. The molecular weight excluding hydrogens is 336 g/mol. The number of guanidine groups is 1. The number of anilines is 1. The van der Waals surface area contributed by atoms with Gasteiger partial charge >= 0.3 is 0 Å². The smallest absolute Gasteiger partial charge is 0.193 e. The second-order valence-electron chi connectivity index (χ2n) is 7.11. The maximum absolute atomic E-state index is 6.16. The molecule has 1 aliphatic heterocycles. The normalized spacial score (nSPS) is 16.7. The Morgan fingerprint density at radius 2 is 1.89 bits per heavy atom. The summed E-state index contributed by atoms with van der Waals surface area (Å²) in [5.41, 5.74) is 9.57. The number of hydrogen-bond donors (Lipinski definition) is 2. The van der Waals surface area contributed by atoms with Gasteiger partial charge in [-0.3, -0.25) is 9.89 Å². The SMILES string of the molecule is COc1ccc(C(CN=C(N)Nc2cccc(C)c2)N2CCCCC2)cc1. The highest BCUT2D eigenvalue weighted by Crippen LogP contribution is 2.26. The van der Waals surface area contributed by atoms with Crippen LogP contribution in [0.15, 0.2) is 53.5 Å². The quantitative estimate of drug-likeness (QED) is 0.600. The zero-order chi connectivity index (χ0) is 19.1. The zero-order valence-electron chi connectivity index (χ0n) is 16.3. The fourth-order valence-electron chi connectivity index (χ4n) is 3.58. The Morgan fingerprint density at radius 1 is 1.15 bits per heavy atom. The topological polar surface area (TPSA) is 62.9 Å². The minimum atomic E-state index is 0.231. The number of aliphatic imine (C=N–C) groups is 1. The fourth-order valence-corrected chi connectivity index (χ4v) is 3.58. The van der Waals surface area contributed by atoms with E-state index < -0.39 is 0 Å². The van der Waals surface area contributed by atoms with Crippen molar-refractivity contribution in [2.45, 2.75) is 32.2 Å². The zero-order valence-corrected chi connectivity index (χ0v) is 16.3. The number of nitrogens with two attached hydrogens (primary N) is 1. The van der Waals surface area contributed by atoms with Crippen LogP contribution in [0.2, 0.25) is 0 Å². The molecule has 0 radical (unpaired) electrons. The van der Waals surface area contributed by atoms with Gasteiger partial charge in [0, 0.05) is 5.69 Å². The molecule has 3 rings (SSSR count). The second kappa shape index (κ2) is 9.42. The van der Waals surface area contributed by atoms with Crippen molar-refractivity contribution in [1.29, 1.82) is 0 Å². The van der Waals surface area contributed by atoms with Gasteiger partial charge in [0.05, 0.1) is 19.7 Å². The minimum absolute atomic E-state index is 0.231. The van der Waals surface area contributed by atoms with Gasteiger partial charge in [-0.2, -0.15) is 0 Å². The van der Waals surface area contributed by atoms with Crippen molar-refractivity contribution in [1.82, 2.24) is 4.90 Å². The number of likely N-dealkylation sites (tertiary alicyclic amines) is 1. The molecule has 1 heterocycles. The summed E-state index contributed by atoms with van der Waals surface area (Å²) in [7, 11) is 1.69. The van der Waals surface area contributed by atoms with Crippen LogP contribution in [0.1, 0.15) is 36.4 Å². The molecule has 0 saturated carbocycles. The van der Waals surface area contributed by atoms with Crippen LogP contribution in [0.3, 0.4) is 0 Å².